The first-order valence-electron chi connectivity index (χ1n) is 5.86. The van der Waals surface area contributed by atoms with E-state index in [4.69, 9.17) is 0 Å². The molecule has 92 valence electrons. The van der Waals surface area contributed by atoms with Gasteiger partial charge in [0, 0.05) is 5.56 Å². The number of benzene rings is 2. The molecule has 2 aromatic rings. The van der Waals surface area contributed by atoms with Gasteiger partial charge in [0.2, 0.25) is 0 Å². The zero-order valence-electron chi connectivity index (χ0n) is 10.8. The van der Waals surface area contributed by atoms with Crippen molar-refractivity contribution in [1.82, 2.24) is 0 Å². The van der Waals surface area contributed by atoms with Crippen LogP contribution in [-0.4, -0.2) is 5.78 Å². The number of hydrogen-bond acceptors (Lipinski definition) is 1. The lowest BCUT2D eigenvalue weighted by Gasteiger charge is -2.06. The quantitative estimate of drug-likeness (QED) is 0.728. The first-order chi connectivity index (χ1) is 8.47. The third-order valence-electron chi connectivity index (χ3n) is 2.85. The van der Waals surface area contributed by atoms with Crippen molar-refractivity contribution in [1.29, 1.82) is 0 Å². The van der Waals surface area contributed by atoms with Gasteiger partial charge in [0.15, 0.2) is 5.78 Å². The zero-order chi connectivity index (χ0) is 13.3. The van der Waals surface area contributed by atoms with E-state index in [9.17, 15) is 9.18 Å². The summed E-state index contributed by atoms with van der Waals surface area (Å²) in [7, 11) is 0. The lowest BCUT2D eigenvalue weighted by molar-refractivity contribution is 0.103. The van der Waals surface area contributed by atoms with Gasteiger partial charge in [0.1, 0.15) is 5.82 Å². The van der Waals surface area contributed by atoms with E-state index in [1.54, 1.807) is 24.3 Å². The van der Waals surface area contributed by atoms with Crippen molar-refractivity contribution < 1.29 is 9.18 Å². The normalized spacial score (nSPS) is 10.4. The van der Waals surface area contributed by atoms with E-state index in [0.29, 0.717) is 5.56 Å². The maximum atomic E-state index is 13.7. The highest BCUT2D eigenvalue weighted by atomic mass is 19.1. The Kier molecular flexibility index (Phi) is 3.28. The van der Waals surface area contributed by atoms with Gasteiger partial charge in [-0.3, -0.25) is 4.79 Å². The number of rotatable bonds is 2. The lowest BCUT2D eigenvalue weighted by atomic mass is 9.98. The van der Waals surface area contributed by atoms with Crippen LogP contribution in [0.25, 0.3) is 0 Å². The Labute approximate surface area is 106 Å². The summed E-state index contributed by atoms with van der Waals surface area (Å²) < 4.78 is 13.7. The number of aryl methyl sites for hydroxylation is 3. The van der Waals surface area contributed by atoms with E-state index in [1.807, 2.05) is 26.8 Å². The van der Waals surface area contributed by atoms with Crippen LogP contribution < -0.4 is 0 Å². The van der Waals surface area contributed by atoms with Gasteiger partial charge in [-0.1, -0.05) is 28.8 Å². The minimum Gasteiger partial charge on any atom is -0.288 e. The van der Waals surface area contributed by atoms with Crippen LogP contribution in [0.1, 0.15) is 32.6 Å². The van der Waals surface area contributed by atoms with Crippen molar-refractivity contribution in [3.8, 4) is 0 Å². The molecule has 0 spiro atoms. The van der Waals surface area contributed by atoms with Crippen molar-refractivity contribution >= 4 is 5.78 Å². The Balaban J connectivity index is 2.51. The maximum absolute atomic E-state index is 13.7. The second kappa shape index (κ2) is 4.73. The molecule has 1 nitrogen and oxygen atoms in total. The van der Waals surface area contributed by atoms with Gasteiger partial charge in [-0.05, 0) is 45.0 Å². The summed E-state index contributed by atoms with van der Waals surface area (Å²) in [5.74, 6) is -0.729. The van der Waals surface area contributed by atoms with Gasteiger partial charge in [0.25, 0.3) is 0 Å². The minimum absolute atomic E-state index is 0.139. The van der Waals surface area contributed by atoms with E-state index < -0.39 is 5.82 Å². The van der Waals surface area contributed by atoms with Crippen molar-refractivity contribution in [2.75, 3.05) is 0 Å². The zero-order valence-corrected chi connectivity index (χ0v) is 10.8. The van der Waals surface area contributed by atoms with Gasteiger partial charge in [0.05, 0.1) is 5.56 Å². The van der Waals surface area contributed by atoms with Crippen molar-refractivity contribution in [3.05, 3.63) is 70.0 Å². The summed E-state index contributed by atoms with van der Waals surface area (Å²) in [5, 5.41) is 0. The molecule has 0 radical (unpaired) electrons. The van der Waals surface area contributed by atoms with Crippen molar-refractivity contribution in [3.63, 3.8) is 0 Å². The highest BCUT2D eigenvalue weighted by Crippen LogP contribution is 2.17. The number of ketones is 1. The molecule has 0 aliphatic rings. The fourth-order valence-electron chi connectivity index (χ4n) is 2.07. The Hall–Kier alpha value is -1.96. The minimum atomic E-state index is -0.468. The fourth-order valence-corrected chi connectivity index (χ4v) is 2.07. The number of hydrogen-bond donors (Lipinski definition) is 0. The molecule has 2 rings (SSSR count). The van der Waals surface area contributed by atoms with Crippen LogP contribution in [0.3, 0.4) is 0 Å². The van der Waals surface area contributed by atoms with E-state index in [2.05, 4.69) is 0 Å². The van der Waals surface area contributed by atoms with Crippen LogP contribution in [0.2, 0.25) is 0 Å². The molecule has 2 heteroatoms. The molecule has 0 aliphatic carbocycles. The molecule has 2 aromatic carbocycles. The molecule has 18 heavy (non-hydrogen) atoms. The monoisotopic (exact) mass is 242 g/mol. The first kappa shape index (κ1) is 12.5. The maximum Gasteiger partial charge on any atom is 0.195 e. The SMILES string of the molecule is Cc1cc(C)cc(C(=O)c2cc(C)ccc2F)c1. The van der Waals surface area contributed by atoms with Crippen LogP contribution in [0.4, 0.5) is 4.39 Å². The summed E-state index contributed by atoms with van der Waals surface area (Å²) in [5.41, 5.74) is 3.57. The third kappa shape index (κ3) is 2.48. The summed E-state index contributed by atoms with van der Waals surface area (Å²) in [4.78, 5) is 12.3. The second-order valence-corrected chi connectivity index (χ2v) is 4.69. The van der Waals surface area contributed by atoms with Gasteiger partial charge in [-0.15, -0.1) is 0 Å². The van der Waals surface area contributed by atoms with Crippen LogP contribution in [-0.2, 0) is 0 Å². The summed E-state index contributed by atoms with van der Waals surface area (Å²) in [6, 6.07) is 10.2. The largest absolute Gasteiger partial charge is 0.288 e. The second-order valence-electron chi connectivity index (χ2n) is 4.69. The summed E-state index contributed by atoms with van der Waals surface area (Å²) in [6.45, 7) is 5.70. The number of halogens is 1. The Bertz CT molecular complexity index is 594. The Morgan fingerprint density at radius 3 is 2.11 bits per heavy atom. The molecule has 0 unspecified atom stereocenters. The molecule has 0 aromatic heterocycles. The highest BCUT2D eigenvalue weighted by Gasteiger charge is 2.14. The highest BCUT2D eigenvalue weighted by molar-refractivity contribution is 6.09. The number of carbonyl (C=O) groups excluding carboxylic acids is 1. The summed E-state index contributed by atoms with van der Waals surface area (Å²) in [6.07, 6.45) is 0. The molecule has 0 amide bonds. The van der Waals surface area contributed by atoms with Gasteiger partial charge in [-0.25, -0.2) is 4.39 Å². The van der Waals surface area contributed by atoms with E-state index in [-0.39, 0.29) is 11.3 Å². The van der Waals surface area contributed by atoms with Crippen molar-refractivity contribution in [2.24, 2.45) is 0 Å². The Morgan fingerprint density at radius 2 is 1.50 bits per heavy atom. The molecule has 0 fully saturated rings. The average Bonchev–Trinajstić information content (AvgIpc) is 2.30. The van der Waals surface area contributed by atoms with Crippen LogP contribution in [0, 0.1) is 26.6 Å². The molecule has 0 aliphatic heterocycles. The summed E-state index contributed by atoms with van der Waals surface area (Å²) >= 11 is 0. The van der Waals surface area contributed by atoms with E-state index in [0.717, 1.165) is 16.7 Å². The van der Waals surface area contributed by atoms with Gasteiger partial charge < -0.3 is 0 Å². The van der Waals surface area contributed by atoms with Gasteiger partial charge >= 0.3 is 0 Å². The predicted octanol–water partition coefficient (Wildman–Crippen LogP) is 3.98. The molecule has 0 bridgehead atoms. The molecular formula is C16H15FO. The lowest BCUT2D eigenvalue weighted by Crippen LogP contribution is -2.05. The standard InChI is InChI=1S/C16H15FO/c1-10-4-5-15(17)14(9-10)16(18)13-7-11(2)6-12(3)8-13/h4-9H,1-3H3. The van der Waals surface area contributed by atoms with Crippen LogP contribution >= 0.6 is 0 Å². The first-order valence-corrected chi connectivity index (χ1v) is 5.86. The van der Waals surface area contributed by atoms with E-state index >= 15 is 0 Å². The Morgan fingerprint density at radius 1 is 0.889 bits per heavy atom. The number of carbonyl (C=O) groups is 1. The third-order valence-corrected chi connectivity index (χ3v) is 2.85. The molecule has 0 N–H and O–H groups in total. The van der Waals surface area contributed by atoms with Crippen LogP contribution in [0.5, 0.6) is 0 Å². The van der Waals surface area contributed by atoms with Crippen LogP contribution in [0.15, 0.2) is 36.4 Å². The molecule has 0 saturated heterocycles. The van der Waals surface area contributed by atoms with Gasteiger partial charge in [-0.2, -0.15) is 0 Å². The molecule has 0 atom stereocenters. The molecule has 0 heterocycles. The fraction of sp³-hybridized carbons (Fsp3) is 0.188. The topological polar surface area (TPSA) is 17.1 Å². The smallest absolute Gasteiger partial charge is 0.195 e. The molecular weight excluding hydrogens is 227 g/mol. The van der Waals surface area contributed by atoms with E-state index in [1.165, 1.54) is 6.07 Å². The molecule has 0 saturated carbocycles. The average molecular weight is 242 g/mol. The van der Waals surface area contributed by atoms with Crippen molar-refractivity contribution in [2.45, 2.75) is 20.8 Å². The predicted molar refractivity (Wildman–Crippen MR) is 70.5 cm³/mol.